The molecule has 3 rings (SSSR count). The van der Waals surface area contributed by atoms with Crippen LogP contribution in [-0.2, 0) is 16.4 Å². The van der Waals surface area contributed by atoms with Crippen LogP contribution in [0.25, 0.3) is 0 Å². The number of rotatable bonds is 7. The number of sulfonamides is 1. The molecule has 1 aromatic rings. The average molecular weight is 322 g/mol. The van der Waals surface area contributed by atoms with Gasteiger partial charge in [0.15, 0.2) is 0 Å². The Bertz CT molecular complexity index is 562. The molecule has 1 aliphatic heterocycles. The smallest absolute Gasteiger partial charge is 0.214 e. The van der Waals surface area contributed by atoms with Gasteiger partial charge in [-0.25, -0.2) is 8.42 Å². The monoisotopic (exact) mass is 322 g/mol. The summed E-state index contributed by atoms with van der Waals surface area (Å²) >= 11 is 0. The van der Waals surface area contributed by atoms with Crippen molar-refractivity contribution in [3.8, 4) is 0 Å². The lowest BCUT2D eigenvalue weighted by Crippen LogP contribution is -2.49. The number of aryl methyl sites for hydroxylation is 1. The first-order valence-electron chi connectivity index (χ1n) is 8.37. The van der Waals surface area contributed by atoms with Crippen LogP contribution >= 0.6 is 0 Å². The van der Waals surface area contributed by atoms with Crippen molar-refractivity contribution < 1.29 is 8.42 Å². The number of piperazine rings is 1. The quantitative estimate of drug-likeness (QED) is 0.771. The second-order valence-electron chi connectivity index (χ2n) is 6.55. The Balaban J connectivity index is 1.42. The molecular weight excluding hydrogens is 296 g/mol. The molecular formula is C17H26N2O2S. The van der Waals surface area contributed by atoms with Gasteiger partial charge in [-0.1, -0.05) is 30.3 Å². The van der Waals surface area contributed by atoms with E-state index >= 15 is 0 Å². The Hall–Kier alpha value is -0.910. The van der Waals surface area contributed by atoms with E-state index in [1.165, 1.54) is 24.9 Å². The Morgan fingerprint density at radius 1 is 1.00 bits per heavy atom. The van der Waals surface area contributed by atoms with E-state index < -0.39 is 10.0 Å². The van der Waals surface area contributed by atoms with E-state index in [0.29, 0.717) is 19.5 Å². The van der Waals surface area contributed by atoms with Gasteiger partial charge < -0.3 is 4.90 Å². The van der Waals surface area contributed by atoms with Crippen molar-refractivity contribution in [3.05, 3.63) is 35.9 Å². The van der Waals surface area contributed by atoms with E-state index in [-0.39, 0.29) is 5.75 Å². The van der Waals surface area contributed by atoms with Crippen molar-refractivity contribution in [2.45, 2.75) is 25.7 Å². The van der Waals surface area contributed by atoms with Gasteiger partial charge in [0.1, 0.15) is 0 Å². The molecule has 0 atom stereocenters. The maximum absolute atomic E-state index is 12.4. The summed E-state index contributed by atoms with van der Waals surface area (Å²) in [6.45, 7) is 4.30. The molecule has 4 nitrogen and oxygen atoms in total. The Morgan fingerprint density at radius 3 is 2.32 bits per heavy atom. The third-order valence-electron chi connectivity index (χ3n) is 4.65. The fraction of sp³-hybridized carbons (Fsp3) is 0.647. The first-order valence-corrected chi connectivity index (χ1v) is 9.98. The van der Waals surface area contributed by atoms with Crippen molar-refractivity contribution in [3.63, 3.8) is 0 Å². The highest BCUT2D eigenvalue weighted by Gasteiger charge is 2.29. The molecule has 2 fully saturated rings. The second-order valence-corrected chi connectivity index (χ2v) is 8.64. The predicted molar refractivity (Wildman–Crippen MR) is 89.3 cm³/mol. The minimum atomic E-state index is -3.08. The van der Waals surface area contributed by atoms with Crippen LogP contribution in [0.4, 0.5) is 0 Å². The molecule has 0 spiro atoms. The van der Waals surface area contributed by atoms with Crippen LogP contribution in [0.3, 0.4) is 0 Å². The van der Waals surface area contributed by atoms with Gasteiger partial charge in [0.05, 0.1) is 5.75 Å². The van der Waals surface area contributed by atoms with Gasteiger partial charge in [-0.15, -0.1) is 0 Å². The van der Waals surface area contributed by atoms with E-state index in [9.17, 15) is 8.42 Å². The third kappa shape index (κ3) is 4.54. The van der Waals surface area contributed by atoms with E-state index in [1.807, 2.05) is 18.2 Å². The molecule has 0 unspecified atom stereocenters. The maximum atomic E-state index is 12.4. The van der Waals surface area contributed by atoms with E-state index in [4.69, 9.17) is 0 Å². The van der Waals surface area contributed by atoms with Gasteiger partial charge in [-0.2, -0.15) is 4.31 Å². The molecule has 5 heteroatoms. The van der Waals surface area contributed by atoms with Gasteiger partial charge in [-0.05, 0) is 37.2 Å². The van der Waals surface area contributed by atoms with Gasteiger partial charge in [0.25, 0.3) is 0 Å². The summed E-state index contributed by atoms with van der Waals surface area (Å²) in [4.78, 5) is 2.42. The van der Waals surface area contributed by atoms with Crippen molar-refractivity contribution in [1.29, 1.82) is 0 Å². The number of hydrogen-bond donors (Lipinski definition) is 0. The minimum absolute atomic E-state index is 0.268. The van der Waals surface area contributed by atoms with Crippen molar-refractivity contribution >= 4 is 10.0 Å². The Labute approximate surface area is 134 Å². The summed E-state index contributed by atoms with van der Waals surface area (Å²) in [5.74, 6) is 1.15. The highest BCUT2D eigenvalue weighted by Crippen LogP contribution is 2.30. The largest absolute Gasteiger partial charge is 0.300 e. The van der Waals surface area contributed by atoms with Crippen LogP contribution in [0.5, 0.6) is 0 Å². The van der Waals surface area contributed by atoms with Crippen LogP contribution < -0.4 is 0 Å². The standard InChI is InChI=1S/C17H26N2O2S/c20-22(21,14-4-7-16-5-2-1-3-6-16)19-12-10-18(11-13-19)15-17-8-9-17/h1-3,5-6,17H,4,7-15H2. The normalized spacial score (nSPS) is 21.1. The van der Waals surface area contributed by atoms with Crippen molar-refractivity contribution in [1.82, 2.24) is 9.21 Å². The van der Waals surface area contributed by atoms with E-state index in [0.717, 1.165) is 25.4 Å². The Kier molecular flexibility index (Phi) is 5.16. The van der Waals surface area contributed by atoms with Gasteiger partial charge in [0, 0.05) is 32.7 Å². The summed E-state index contributed by atoms with van der Waals surface area (Å²) in [6, 6.07) is 10.1. The predicted octanol–water partition coefficient (Wildman–Crippen LogP) is 1.98. The summed E-state index contributed by atoms with van der Waals surface area (Å²) < 4.78 is 26.5. The lowest BCUT2D eigenvalue weighted by atomic mass is 10.1. The zero-order valence-electron chi connectivity index (χ0n) is 13.2. The lowest BCUT2D eigenvalue weighted by molar-refractivity contribution is 0.182. The summed E-state index contributed by atoms with van der Waals surface area (Å²) in [6.07, 6.45) is 4.26. The molecule has 2 aliphatic rings. The first-order chi connectivity index (χ1) is 10.6. The molecule has 1 saturated heterocycles. The van der Waals surface area contributed by atoms with Crippen LogP contribution in [0, 0.1) is 5.92 Å². The summed E-state index contributed by atoms with van der Waals surface area (Å²) in [7, 11) is -3.08. The molecule has 1 saturated carbocycles. The SMILES string of the molecule is O=S(=O)(CCCc1ccccc1)N1CCN(CC2CC2)CC1. The van der Waals surface area contributed by atoms with Crippen LogP contribution in [0.15, 0.2) is 30.3 Å². The number of nitrogens with zero attached hydrogens (tertiary/aromatic N) is 2. The number of hydrogen-bond acceptors (Lipinski definition) is 3. The van der Waals surface area contributed by atoms with Crippen molar-refractivity contribution in [2.75, 3.05) is 38.5 Å². The van der Waals surface area contributed by atoms with E-state index in [1.54, 1.807) is 4.31 Å². The zero-order chi connectivity index (χ0) is 15.4. The lowest BCUT2D eigenvalue weighted by Gasteiger charge is -2.34. The minimum Gasteiger partial charge on any atom is -0.300 e. The Morgan fingerprint density at radius 2 is 1.68 bits per heavy atom. The van der Waals surface area contributed by atoms with Gasteiger partial charge >= 0.3 is 0 Å². The third-order valence-corrected chi connectivity index (χ3v) is 6.61. The zero-order valence-corrected chi connectivity index (χ0v) is 14.0. The fourth-order valence-electron chi connectivity index (χ4n) is 3.09. The molecule has 0 aromatic heterocycles. The highest BCUT2D eigenvalue weighted by molar-refractivity contribution is 7.89. The summed E-state index contributed by atoms with van der Waals surface area (Å²) in [5.41, 5.74) is 1.21. The van der Waals surface area contributed by atoms with Crippen LogP contribution in [-0.4, -0.2) is 56.1 Å². The molecule has 0 bridgehead atoms. The molecule has 1 aromatic carbocycles. The van der Waals surface area contributed by atoms with Crippen LogP contribution in [0.2, 0.25) is 0 Å². The second kappa shape index (κ2) is 7.11. The van der Waals surface area contributed by atoms with Crippen molar-refractivity contribution in [2.24, 2.45) is 5.92 Å². The molecule has 122 valence electrons. The first kappa shape index (κ1) is 16.0. The highest BCUT2D eigenvalue weighted by atomic mass is 32.2. The fourth-order valence-corrected chi connectivity index (χ4v) is 4.58. The van der Waals surface area contributed by atoms with Gasteiger partial charge in [-0.3, -0.25) is 0 Å². The van der Waals surface area contributed by atoms with E-state index in [2.05, 4.69) is 17.0 Å². The molecule has 0 radical (unpaired) electrons. The number of benzene rings is 1. The molecule has 1 aliphatic carbocycles. The molecule has 22 heavy (non-hydrogen) atoms. The topological polar surface area (TPSA) is 40.6 Å². The average Bonchev–Trinajstić information content (AvgIpc) is 3.33. The van der Waals surface area contributed by atoms with Crippen LogP contribution in [0.1, 0.15) is 24.8 Å². The van der Waals surface area contributed by atoms with Gasteiger partial charge in [0.2, 0.25) is 10.0 Å². The molecule has 0 N–H and O–H groups in total. The summed E-state index contributed by atoms with van der Waals surface area (Å²) in [5, 5.41) is 0. The molecule has 1 heterocycles. The molecule has 0 amide bonds. The maximum Gasteiger partial charge on any atom is 0.214 e.